The maximum atomic E-state index is 11.0. The molecule has 0 aliphatic heterocycles. The van der Waals surface area contributed by atoms with Crippen LogP contribution in [-0.4, -0.2) is 36.7 Å². The summed E-state index contributed by atoms with van der Waals surface area (Å²) >= 11 is 0. The molecule has 0 N–H and O–H groups in total. The van der Waals surface area contributed by atoms with Gasteiger partial charge in [0.1, 0.15) is 0 Å². The Morgan fingerprint density at radius 3 is 2.81 bits per heavy atom. The second-order valence-electron chi connectivity index (χ2n) is 4.97. The Bertz CT molecular complexity index is 566. The van der Waals surface area contributed by atoms with Crippen molar-refractivity contribution in [2.75, 3.05) is 20.7 Å². The topological polar surface area (TPSA) is 55.6 Å². The van der Waals surface area contributed by atoms with Gasteiger partial charge in [-0.05, 0) is 20.0 Å². The Morgan fingerprint density at radius 2 is 2.10 bits per heavy atom. The summed E-state index contributed by atoms with van der Waals surface area (Å²) in [5, 5.41) is 4.08. The molecular weight excluding hydrogens is 268 g/mol. The zero-order valence-electron chi connectivity index (χ0n) is 12.4. The minimum Gasteiger partial charge on any atom is -0.469 e. The number of carbonyl (C=O) groups excluding carboxylic acids is 1. The highest BCUT2D eigenvalue weighted by Gasteiger charge is 2.09. The SMILES string of the molecule is COC(=O)CCCN(C)Cc1cc(-c2ccccc2)on1. The summed E-state index contributed by atoms with van der Waals surface area (Å²) in [4.78, 5) is 13.2. The third-order valence-electron chi connectivity index (χ3n) is 3.20. The Labute approximate surface area is 124 Å². The van der Waals surface area contributed by atoms with Crippen molar-refractivity contribution in [1.82, 2.24) is 10.1 Å². The first-order valence-electron chi connectivity index (χ1n) is 6.95. The van der Waals surface area contributed by atoms with Gasteiger partial charge in [0.15, 0.2) is 5.76 Å². The number of methoxy groups -OCH3 is 1. The van der Waals surface area contributed by atoms with Gasteiger partial charge in [0.05, 0.1) is 12.8 Å². The number of benzene rings is 1. The van der Waals surface area contributed by atoms with E-state index in [2.05, 4.69) is 14.8 Å². The molecule has 0 amide bonds. The first-order chi connectivity index (χ1) is 10.2. The number of ether oxygens (including phenoxy) is 1. The smallest absolute Gasteiger partial charge is 0.305 e. The lowest BCUT2D eigenvalue weighted by Gasteiger charge is -2.13. The fourth-order valence-electron chi connectivity index (χ4n) is 2.08. The molecule has 1 aromatic heterocycles. The lowest BCUT2D eigenvalue weighted by atomic mass is 10.1. The predicted molar refractivity (Wildman–Crippen MR) is 79.5 cm³/mol. The number of nitrogens with zero attached hydrogens (tertiary/aromatic N) is 2. The normalized spacial score (nSPS) is 10.8. The largest absolute Gasteiger partial charge is 0.469 e. The summed E-state index contributed by atoms with van der Waals surface area (Å²) in [6, 6.07) is 11.8. The summed E-state index contributed by atoms with van der Waals surface area (Å²) in [7, 11) is 3.40. The quantitative estimate of drug-likeness (QED) is 0.733. The number of rotatable bonds is 7. The van der Waals surface area contributed by atoms with Crippen molar-refractivity contribution in [2.24, 2.45) is 0 Å². The molecule has 2 aromatic rings. The number of esters is 1. The molecule has 0 saturated carbocycles. The van der Waals surface area contributed by atoms with Crippen molar-refractivity contribution < 1.29 is 14.1 Å². The summed E-state index contributed by atoms with van der Waals surface area (Å²) in [5.74, 6) is 0.602. The molecule has 112 valence electrons. The van der Waals surface area contributed by atoms with Crippen LogP contribution in [0.2, 0.25) is 0 Å². The summed E-state index contributed by atoms with van der Waals surface area (Å²) in [5.41, 5.74) is 1.90. The minimum atomic E-state index is -0.170. The first kappa shape index (κ1) is 15.3. The van der Waals surface area contributed by atoms with Gasteiger partial charge in [-0.2, -0.15) is 0 Å². The second kappa shape index (κ2) is 7.59. The summed E-state index contributed by atoms with van der Waals surface area (Å²) in [6.07, 6.45) is 1.21. The zero-order valence-corrected chi connectivity index (χ0v) is 12.4. The first-order valence-corrected chi connectivity index (χ1v) is 6.95. The molecule has 0 fully saturated rings. The van der Waals surface area contributed by atoms with E-state index >= 15 is 0 Å². The zero-order chi connectivity index (χ0) is 15.1. The van der Waals surface area contributed by atoms with Gasteiger partial charge in [-0.15, -0.1) is 0 Å². The highest BCUT2D eigenvalue weighted by atomic mass is 16.5. The fraction of sp³-hybridized carbons (Fsp3) is 0.375. The number of hydrogen-bond donors (Lipinski definition) is 0. The van der Waals surface area contributed by atoms with Gasteiger partial charge >= 0.3 is 5.97 Å². The van der Waals surface area contributed by atoms with Crippen LogP contribution in [0.1, 0.15) is 18.5 Å². The number of carbonyl (C=O) groups is 1. The molecule has 2 rings (SSSR count). The Hall–Kier alpha value is -2.14. The third kappa shape index (κ3) is 4.72. The molecule has 5 heteroatoms. The molecule has 0 unspecified atom stereocenters. The van der Waals surface area contributed by atoms with Crippen LogP contribution in [0.5, 0.6) is 0 Å². The van der Waals surface area contributed by atoms with E-state index in [4.69, 9.17) is 4.52 Å². The lowest BCUT2D eigenvalue weighted by molar-refractivity contribution is -0.140. The molecule has 0 spiro atoms. The molecule has 0 bridgehead atoms. The van der Waals surface area contributed by atoms with Gasteiger partial charge in [-0.1, -0.05) is 35.5 Å². The second-order valence-corrected chi connectivity index (χ2v) is 4.97. The Morgan fingerprint density at radius 1 is 1.33 bits per heavy atom. The highest BCUT2D eigenvalue weighted by molar-refractivity contribution is 5.69. The van der Waals surface area contributed by atoms with E-state index in [9.17, 15) is 4.79 Å². The van der Waals surface area contributed by atoms with E-state index in [-0.39, 0.29) is 5.97 Å². The fourth-order valence-corrected chi connectivity index (χ4v) is 2.08. The number of aromatic nitrogens is 1. The van der Waals surface area contributed by atoms with Gasteiger partial charge in [0.25, 0.3) is 0 Å². The lowest BCUT2D eigenvalue weighted by Crippen LogP contribution is -2.20. The van der Waals surface area contributed by atoms with E-state index in [1.54, 1.807) is 0 Å². The van der Waals surface area contributed by atoms with Crippen molar-refractivity contribution in [3.63, 3.8) is 0 Å². The van der Waals surface area contributed by atoms with Crippen LogP contribution < -0.4 is 0 Å². The van der Waals surface area contributed by atoms with Crippen molar-refractivity contribution in [1.29, 1.82) is 0 Å². The molecule has 1 heterocycles. The van der Waals surface area contributed by atoms with E-state index < -0.39 is 0 Å². The van der Waals surface area contributed by atoms with E-state index in [1.165, 1.54) is 7.11 Å². The van der Waals surface area contributed by atoms with Gasteiger partial charge in [0, 0.05) is 24.6 Å². The third-order valence-corrected chi connectivity index (χ3v) is 3.20. The average Bonchev–Trinajstić information content (AvgIpc) is 2.96. The van der Waals surface area contributed by atoms with Gasteiger partial charge < -0.3 is 14.2 Å². The maximum absolute atomic E-state index is 11.0. The van der Waals surface area contributed by atoms with E-state index in [0.29, 0.717) is 13.0 Å². The van der Waals surface area contributed by atoms with Crippen molar-refractivity contribution in [2.45, 2.75) is 19.4 Å². The molecule has 5 nitrogen and oxygen atoms in total. The van der Waals surface area contributed by atoms with Crippen LogP contribution in [0.15, 0.2) is 40.9 Å². The number of hydrogen-bond acceptors (Lipinski definition) is 5. The standard InChI is InChI=1S/C16H20N2O3/c1-18(10-6-9-16(19)20-2)12-14-11-15(21-17-14)13-7-4-3-5-8-13/h3-5,7-8,11H,6,9-10,12H2,1-2H3. The Balaban J connectivity index is 1.83. The maximum Gasteiger partial charge on any atom is 0.305 e. The molecule has 0 saturated heterocycles. The highest BCUT2D eigenvalue weighted by Crippen LogP contribution is 2.20. The Kier molecular flexibility index (Phi) is 5.51. The van der Waals surface area contributed by atoms with Gasteiger partial charge in [-0.3, -0.25) is 4.79 Å². The molecular formula is C16H20N2O3. The van der Waals surface area contributed by atoms with Crippen LogP contribution >= 0.6 is 0 Å². The molecule has 0 aliphatic rings. The predicted octanol–water partition coefficient (Wildman–Crippen LogP) is 2.73. The summed E-state index contributed by atoms with van der Waals surface area (Å²) in [6.45, 7) is 1.50. The van der Waals surface area contributed by atoms with Gasteiger partial charge in [-0.25, -0.2) is 0 Å². The molecule has 0 aliphatic carbocycles. The van der Waals surface area contributed by atoms with Crippen LogP contribution in [0.4, 0.5) is 0 Å². The van der Waals surface area contributed by atoms with E-state index in [0.717, 1.165) is 30.0 Å². The van der Waals surface area contributed by atoms with Crippen molar-refractivity contribution in [3.05, 3.63) is 42.1 Å². The molecule has 0 atom stereocenters. The van der Waals surface area contributed by atoms with E-state index in [1.807, 2.05) is 43.4 Å². The van der Waals surface area contributed by atoms with Crippen molar-refractivity contribution in [3.8, 4) is 11.3 Å². The van der Waals surface area contributed by atoms with Crippen LogP contribution in [0, 0.1) is 0 Å². The molecule has 1 aromatic carbocycles. The monoisotopic (exact) mass is 288 g/mol. The van der Waals surface area contributed by atoms with Gasteiger partial charge in [0.2, 0.25) is 0 Å². The van der Waals surface area contributed by atoms with Crippen LogP contribution in [0.25, 0.3) is 11.3 Å². The molecule has 0 radical (unpaired) electrons. The van der Waals surface area contributed by atoms with Crippen LogP contribution in [0.3, 0.4) is 0 Å². The average molecular weight is 288 g/mol. The minimum absolute atomic E-state index is 0.170. The summed E-state index contributed by atoms with van der Waals surface area (Å²) < 4.78 is 9.98. The van der Waals surface area contributed by atoms with Crippen LogP contribution in [-0.2, 0) is 16.1 Å². The van der Waals surface area contributed by atoms with Crippen molar-refractivity contribution >= 4 is 5.97 Å². The molecule has 21 heavy (non-hydrogen) atoms.